The molecule has 1 aliphatic heterocycles. The van der Waals surface area contributed by atoms with Gasteiger partial charge in [0.15, 0.2) is 10.3 Å². The number of anilines is 2. The SMILES string of the molecule is Fc1ccc(CCCNC(=S)Nc2nc(Sc3ncccn3)cc(N3CCCCC3)n2)cc1. The molecule has 1 fully saturated rings. The Balaban J connectivity index is 1.37. The van der Waals surface area contributed by atoms with Crippen LogP contribution in [0, 0.1) is 5.82 Å². The Morgan fingerprint density at radius 2 is 1.82 bits per heavy atom. The zero-order valence-corrected chi connectivity index (χ0v) is 19.8. The van der Waals surface area contributed by atoms with Crippen molar-refractivity contribution in [2.45, 2.75) is 42.3 Å². The average Bonchev–Trinajstić information content (AvgIpc) is 2.84. The van der Waals surface area contributed by atoms with Gasteiger partial charge in [-0.1, -0.05) is 12.1 Å². The van der Waals surface area contributed by atoms with Crippen LogP contribution in [0.15, 0.2) is 59.0 Å². The second-order valence-electron chi connectivity index (χ2n) is 7.68. The number of nitrogens with one attached hydrogen (secondary N) is 2. The molecule has 33 heavy (non-hydrogen) atoms. The fraction of sp³-hybridized carbons (Fsp3) is 0.348. The van der Waals surface area contributed by atoms with Gasteiger partial charge in [0.25, 0.3) is 0 Å². The number of hydrogen-bond acceptors (Lipinski definition) is 7. The van der Waals surface area contributed by atoms with E-state index >= 15 is 0 Å². The summed E-state index contributed by atoms with van der Waals surface area (Å²) in [7, 11) is 0. The van der Waals surface area contributed by atoms with Crippen molar-refractivity contribution in [1.29, 1.82) is 0 Å². The molecule has 0 radical (unpaired) electrons. The maximum absolute atomic E-state index is 13.0. The standard InChI is InChI=1S/C23H26FN7S2/c24-18-9-7-17(8-10-18)6-4-11-25-22(32)30-21-28-19(31-14-2-1-3-15-31)16-20(29-21)33-23-26-12-5-13-27-23/h5,7-10,12-13,16H,1-4,6,11,14-15H2,(H2,25,28,29,30,32). The van der Waals surface area contributed by atoms with Crippen molar-refractivity contribution in [2.24, 2.45) is 0 Å². The Labute approximate surface area is 202 Å². The van der Waals surface area contributed by atoms with Gasteiger partial charge in [0.2, 0.25) is 5.95 Å². The van der Waals surface area contributed by atoms with Crippen molar-refractivity contribution < 1.29 is 4.39 Å². The van der Waals surface area contributed by atoms with Gasteiger partial charge < -0.3 is 15.5 Å². The van der Waals surface area contributed by atoms with Gasteiger partial charge >= 0.3 is 0 Å². The number of aromatic nitrogens is 4. The fourth-order valence-electron chi connectivity index (χ4n) is 3.53. The summed E-state index contributed by atoms with van der Waals surface area (Å²) in [6.07, 6.45) is 8.70. The highest BCUT2D eigenvalue weighted by Gasteiger charge is 2.16. The van der Waals surface area contributed by atoms with Crippen molar-refractivity contribution >= 4 is 40.9 Å². The third-order valence-electron chi connectivity index (χ3n) is 5.17. The molecular formula is C23H26FN7S2. The lowest BCUT2D eigenvalue weighted by atomic mass is 10.1. The van der Waals surface area contributed by atoms with Gasteiger partial charge in [0, 0.05) is 38.1 Å². The quantitative estimate of drug-likeness (QED) is 0.209. The molecule has 0 saturated carbocycles. The van der Waals surface area contributed by atoms with Gasteiger partial charge in [-0.05, 0) is 79.8 Å². The minimum atomic E-state index is -0.217. The van der Waals surface area contributed by atoms with Crippen molar-refractivity contribution in [2.75, 3.05) is 29.9 Å². The number of aryl methyl sites for hydroxylation is 1. The van der Waals surface area contributed by atoms with Crippen LogP contribution in [0.2, 0.25) is 0 Å². The van der Waals surface area contributed by atoms with Crippen LogP contribution in [0.5, 0.6) is 0 Å². The second kappa shape index (κ2) is 11.9. The molecule has 0 bridgehead atoms. The number of piperidine rings is 1. The van der Waals surface area contributed by atoms with Gasteiger partial charge in [-0.3, -0.25) is 0 Å². The van der Waals surface area contributed by atoms with Crippen LogP contribution in [0.4, 0.5) is 16.2 Å². The highest BCUT2D eigenvalue weighted by atomic mass is 32.2. The van der Waals surface area contributed by atoms with Gasteiger partial charge in [-0.2, -0.15) is 4.98 Å². The van der Waals surface area contributed by atoms with E-state index in [1.807, 2.05) is 18.2 Å². The molecule has 3 aromatic rings. The smallest absolute Gasteiger partial charge is 0.232 e. The number of hydrogen-bond donors (Lipinski definition) is 2. The van der Waals surface area contributed by atoms with Gasteiger partial charge in [-0.15, -0.1) is 0 Å². The average molecular weight is 484 g/mol. The lowest BCUT2D eigenvalue weighted by Crippen LogP contribution is -2.32. The van der Waals surface area contributed by atoms with Crippen LogP contribution in [0.1, 0.15) is 31.2 Å². The van der Waals surface area contributed by atoms with Crippen molar-refractivity contribution in [1.82, 2.24) is 25.3 Å². The molecule has 0 aliphatic carbocycles. The summed E-state index contributed by atoms with van der Waals surface area (Å²) in [6, 6.07) is 10.4. The summed E-state index contributed by atoms with van der Waals surface area (Å²) in [6.45, 7) is 2.65. The largest absolute Gasteiger partial charge is 0.362 e. The summed E-state index contributed by atoms with van der Waals surface area (Å²) < 4.78 is 13.0. The summed E-state index contributed by atoms with van der Waals surface area (Å²) >= 11 is 6.86. The molecule has 0 amide bonds. The van der Waals surface area contributed by atoms with E-state index in [0.717, 1.165) is 55.2 Å². The van der Waals surface area contributed by atoms with E-state index in [0.29, 0.717) is 22.8 Å². The third-order valence-corrected chi connectivity index (χ3v) is 6.23. The zero-order valence-electron chi connectivity index (χ0n) is 18.2. The normalized spacial score (nSPS) is 13.5. The second-order valence-corrected chi connectivity index (χ2v) is 9.08. The van der Waals surface area contributed by atoms with Crippen LogP contribution >= 0.6 is 24.0 Å². The number of rotatable bonds is 8. The monoisotopic (exact) mass is 483 g/mol. The minimum Gasteiger partial charge on any atom is -0.362 e. The lowest BCUT2D eigenvalue weighted by Gasteiger charge is -2.28. The maximum Gasteiger partial charge on any atom is 0.232 e. The molecule has 1 aliphatic rings. The first-order valence-corrected chi connectivity index (χ1v) is 12.3. The summed E-state index contributed by atoms with van der Waals surface area (Å²) in [5.41, 5.74) is 1.10. The Bertz CT molecular complexity index is 1040. The Hall–Kier alpha value is -2.85. The number of thiocarbonyl (C=S) groups is 1. The van der Waals surface area contributed by atoms with Gasteiger partial charge in [0.1, 0.15) is 16.7 Å². The highest BCUT2D eigenvalue weighted by molar-refractivity contribution is 7.99. The molecular weight excluding hydrogens is 457 g/mol. The molecule has 0 unspecified atom stereocenters. The van der Waals surface area contributed by atoms with Crippen LogP contribution in [0.25, 0.3) is 0 Å². The molecule has 3 heterocycles. The highest BCUT2D eigenvalue weighted by Crippen LogP contribution is 2.28. The fourth-order valence-corrected chi connectivity index (χ4v) is 4.43. The summed E-state index contributed by atoms with van der Waals surface area (Å²) in [4.78, 5) is 20.2. The number of halogens is 1. The van der Waals surface area contributed by atoms with E-state index in [4.69, 9.17) is 17.2 Å². The first-order chi connectivity index (χ1) is 16.2. The van der Waals surface area contributed by atoms with Crippen LogP contribution in [-0.2, 0) is 6.42 Å². The molecule has 2 N–H and O–H groups in total. The molecule has 7 nitrogen and oxygen atoms in total. The van der Waals surface area contributed by atoms with Crippen molar-refractivity contribution in [3.8, 4) is 0 Å². The van der Waals surface area contributed by atoms with Gasteiger partial charge in [0.05, 0.1) is 0 Å². The first kappa shape index (κ1) is 23.3. The summed E-state index contributed by atoms with van der Waals surface area (Å²) in [5, 5.41) is 8.19. The molecule has 0 atom stereocenters. The maximum atomic E-state index is 13.0. The lowest BCUT2D eigenvalue weighted by molar-refractivity contribution is 0.572. The molecule has 0 spiro atoms. The molecule has 1 aromatic carbocycles. The minimum absolute atomic E-state index is 0.217. The Morgan fingerprint density at radius 3 is 2.58 bits per heavy atom. The topological polar surface area (TPSA) is 78.9 Å². The van der Waals surface area contributed by atoms with Crippen molar-refractivity contribution in [3.05, 3.63) is 60.2 Å². The molecule has 1 saturated heterocycles. The number of nitrogens with zero attached hydrogens (tertiary/aromatic N) is 5. The van der Waals surface area contributed by atoms with E-state index < -0.39 is 0 Å². The number of benzene rings is 1. The van der Waals surface area contributed by atoms with E-state index in [9.17, 15) is 4.39 Å². The Morgan fingerprint density at radius 1 is 1.06 bits per heavy atom. The van der Waals surface area contributed by atoms with Crippen molar-refractivity contribution in [3.63, 3.8) is 0 Å². The predicted octanol–water partition coefficient (Wildman–Crippen LogP) is 4.47. The van der Waals surface area contributed by atoms with Crippen LogP contribution < -0.4 is 15.5 Å². The van der Waals surface area contributed by atoms with Crippen LogP contribution in [0.3, 0.4) is 0 Å². The summed E-state index contributed by atoms with van der Waals surface area (Å²) in [5.74, 6) is 1.11. The third kappa shape index (κ3) is 7.33. The van der Waals surface area contributed by atoms with E-state index in [1.165, 1.54) is 30.3 Å². The first-order valence-electron chi connectivity index (χ1n) is 11.0. The Kier molecular flexibility index (Phi) is 8.37. The van der Waals surface area contributed by atoms with Gasteiger partial charge in [-0.25, -0.2) is 19.3 Å². The molecule has 10 heteroatoms. The predicted molar refractivity (Wildman–Crippen MR) is 133 cm³/mol. The zero-order chi connectivity index (χ0) is 22.9. The molecule has 172 valence electrons. The van der Waals surface area contributed by atoms with E-state index in [-0.39, 0.29) is 5.82 Å². The van der Waals surface area contributed by atoms with Crippen LogP contribution in [-0.4, -0.2) is 44.7 Å². The van der Waals surface area contributed by atoms with E-state index in [2.05, 4.69) is 30.5 Å². The molecule has 4 rings (SSSR count). The molecule has 2 aromatic heterocycles. The van der Waals surface area contributed by atoms with E-state index in [1.54, 1.807) is 18.5 Å².